The van der Waals surface area contributed by atoms with Gasteiger partial charge in [0.2, 0.25) is 17.8 Å². The molecule has 2 aliphatic rings. The maximum atomic E-state index is 4.82. The first-order chi connectivity index (χ1) is 13.3. The molecule has 0 amide bonds. The van der Waals surface area contributed by atoms with E-state index in [1.165, 1.54) is 44.1 Å². The molecule has 0 atom stereocenters. The SMILES string of the molecule is Cc1ccccc1NNc1nc(N2CCCCC2)nc(N2CCCCC2)n1.Cl.N.N.N.N.[HH].[HH].[HH].[HH]. The molecular formula is C20H50ClN11. The number of nitrogens with zero attached hydrogens (tertiary/aromatic N) is 5. The first kappa shape index (κ1) is 31.7. The summed E-state index contributed by atoms with van der Waals surface area (Å²) in [6, 6.07) is 8.17. The van der Waals surface area contributed by atoms with Gasteiger partial charge in [-0.15, -0.1) is 12.4 Å². The number of para-hydroxylation sites is 1. The zero-order valence-corrected chi connectivity index (χ0v) is 20.2. The average Bonchev–Trinajstić information content (AvgIpc) is 2.74. The Labute approximate surface area is 203 Å². The fourth-order valence-corrected chi connectivity index (χ4v) is 3.72. The van der Waals surface area contributed by atoms with E-state index in [-0.39, 0.29) is 42.7 Å². The molecule has 32 heavy (non-hydrogen) atoms. The summed E-state index contributed by atoms with van der Waals surface area (Å²) in [5.41, 5.74) is 8.64. The van der Waals surface area contributed by atoms with Crippen molar-refractivity contribution in [3.63, 3.8) is 0 Å². The summed E-state index contributed by atoms with van der Waals surface area (Å²) >= 11 is 0. The molecule has 0 unspecified atom stereocenters. The Balaban J connectivity index is -0.000000250. The molecule has 4 rings (SSSR count). The van der Waals surface area contributed by atoms with Crippen LogP contribution < -0.4 is 45.3 Å². The summed E-state index contributed by atoms with van der Waals surface area (Å²) in [6.45, 7) is 6.17. The Morgan fingerprint density at radius 1 is 0.688 bits per heavy atom. The minimum Gasteiger partial charge on any atom is -0.344 e. The van der Waals surface area contributed by atoms with Crippen LogP contribution in [-0.2, 0) is 0 Å². The number of anilines is 4. The van der Waals surface area contributed by atoms with Gasteiger partial charge in [-0.25, -0.2) is 0 Å². The average molecular weight is 480 g/mol. The molecule has 0 radical (unpaired) electrons. The van der Waals surface area contributed by atoms with Crippen molar-refractivity contribution in [2.24, 2.45) is 0 Å². The van der Waals surface area contributed by atoms with Gasteiger partial charge in [0.15, 0.2) is 0 Å². The van der Waals surface area contributed by atoms with Crippen molar-refractivity contribution in [3.05, 3.63) is 29.8 Å². The second-order valence-corrected chi connectivity index (χ2v) is 7.42. The Kier molecular flexibility index (Phi) is 15.3. The Bertz CT molecular complexity index is 747. The van der Waals surface area contributed by atoms with E-state index in [9.17, 15) is 0 Å². The molecule has 11 nitrogen and oxygen atoms in total. The summed E-state index contributed by atoms with van der Waals surface area (Å²) in [6.07, 6.45) is 7.40. The van der Waals surface area contributed by atoms with Gasteiger partial charge in [0.1, 0.15) is 0 Å². The smallest absolute Gasteiger partial charge is 0.248 e. The maximum absolute atomic E-state index is 4.82. The number of hydrogen-bond donors (Lipinski definition) is 6. The predicted octanol–water partition coefficient (Wildman–Crippen LogP) is 5.65. The number of hydrogen-bond acceptors (Lipinski definition) is 11. The van der Waals surface area contributed by atoms with E-state index in [1.807, 2.05) is 18.2 Å². The van der Waals surface area contributed by atoms with E-state index >= 15 is 0 Å². The van der Waals surface area contributed by atoms with E-state index < -0.39 is 0 Å². The summed E-state index contributed by atoms with van der Waals surface area (Å²) in [4.78, 5) is 18.8. The quantitative estimate of drug-likeness (QED) is 0.288. The van der Waals surface area contributed by atoms with Gasteiger partial charge in [-0.2, -0.15) is 15.0 Å². The molecule has 192 valence electrons. The highest BCUT2D eigenvalue weighted by Gasteiger charge is 2.20. The lowest BCUT2D eigenvalue weighted by atomic mass is 10.1. The van der Waals surface area contributed by atoms with E-state index in [1.54, 1.807) is 0 Å². The predicted molar refractivity (Wildman–Crippen MR) is 146 cm³/mol. The number of piperidine rings is 2. The van der Waals surface area contributed by atoms with Gasteiger partial charge >= 0.3 is 0 Å². The zero-order chi connectivity index (χ0) is 18.5. The monoisotopic (exact) mass is 479 g/mol. The van der Waals surface area contributed by atoms with Crippen molar-refractivity contribution in [2.75, 3.05) is 46.8 Å². The zero-order valence-electron chi connectivity index (χ0n) is 19.4. The van der Waals surface area contributed by atoms with E-state index in [4.69, 9.17) is 15.0 Å². The first-order valence-electron chi connectivity index (χ1n) is 10.1. The van der Waals surface area contributed by atoms with Gasteiger partial charge in [0, 0.05) is 31.9 Å². The van der Waals surface area contributed by atoms with Crippen molar-refractivity contribution >= 4 is 35.9 Å². The van der Waals surface area contributed by atoms with E-state index in [0.29, 0.717) is 5.95 Å². The molecule has 14 N–H and O–H groups in total. The van der Waals surface area contributed by atoms with Gasteiger partial charge in [-0.1, -0.05) is 18.2 Å². The van der Waals surface area contributed by atoms with E-state index in [2.05, 4.69) is 33.6 Å². The number of aromatic nitrogens is 3. The van der Waals surface area contributed by atoms with Crippen LogP contribution in [0.4, 0.5) is 23.5 Å². The number of hydrazine groups is 1. The molecular weight excluding hydrogens is 430 g/mol. The van der Waals surface area contributed by atoms with Crippen LogP contribution in [0, 0.1) is 6.92 Å². The molecule has 2 aromatic rings. The molecule has 2 fully saturated rings. The molecule has 2 saturated heterocycles. The van der Waals surface area contributed by atoms with Gasteiger partial charge < -0.3 is 34.4 Å². The Morgan fingerprint density at radius 2 is 1.16 bits per heavy atom. The summed E-state index contributed by atoms with van der Waals surface area (Å²) in [7, 11) is 0. The third-order valence-electron chi connectivity index (χ3n) is 5.34. The number of benzene rings is 1. The second kappa shape index (κ2) is 15.4. The number of halogens is 1. The lowest BCUT2D eigenvalue weighted by Gasteiger charge is -2.30. The summed E-state index contributed by atoms with van der Waals surface area (Å²) < 4.78 is 0. The topological polar surface area (TPSA) is 209 Å². The van der Waals surface area contributed by atoms with Gasteiger partial charge in [0.05, 0.1) is 5.69 Å². The van der Waals surface area contributed by atoms with Crippen molar-refractivity contribution < 1.29 is 5.71 Å². The molecule has 12 heteroatoms. The lowest BCUT2D eigenvalue weighted by Crippen LogP contribution is -2.34. The molecule has 1 aromatic carbocycles. The normalized spacial score (nSPS) is 14.9. The summed E-state index contributed by atoms with van der Waals surface area (Å²) in [5.74, 6) is 2.16. The second-order valence-electron chi connectivity index (χ2n) is 7.42. The largest absolute Gasteiger partial charge is 0.344 e. The van der Waals surface area contributed by atoms with Gasteiger partial charge in [-0.3, -0.25) is 10.9 Å². The molecule has 0 spiro atoms. The number of aryl methyl sites for hydroxylation is 1. The molecule has 0 bridgehead atoms. The Hall–Kier alpha value is -2.44. The molecule has 0 aliphatic carbocycles. The van der Waals surface area contributed by atoms with Crippen LogP contribution in [0.2, 0.25) is 0 Å². The minimum absolute atomic E-state index is 0. The van der Waals surface area contributed by atoms with Crippen LogP contribution >= 0.6 is 12.4 Å². The summed E-state index contributed by atoms with van der Waals surface area (Å²) in [5, 5.41) is 0. The Morgan fingerprint density at radius 3 is 1.62 bits per heavy atom. The fraction of sp³-hybridized carbons (Fsp3) is 0.550. The number of rotatable bonds is 5. The highest BCUT2D eigenvalue weighted by Crippen LogP contribution is 2.23. The number of nitrogens with one attached hydrogen (secondary N) is 2. The van der Waals surface area contributed by atoms with Crippen LogP contribution in [-0.4, -0.2) is 41.1 Å². The van der Waals surface area contributed by atoms with Crippen molar-refractivity contribution in [2.45, 2.75) is 45.4 Å². The standard InChI is InChI=1S/C20H29N7.ClH.4H3N.4H2/c1-16-10-4-5-11-17(16)24-25-18-21-19(26-12-6-2-7-13-26)23-20(22-18)27-14-8-3-9-15-27;;;;;;;;;/h4-5,10-11,24H,2-3,6-9,12-15H2,1H3,(H,21,22,23,25);1H;4*1H3;4*1H. The van der Waals surface area contributed by atoms with Gasteiger partial charge in [0.25, 0.3) is 0 Å². The van der Waals surface area contributed by atoms with Crippen molar-refractivity contribution in [1.82, 2.24) is 39.6 Å². The highest BCUT2D eigenvalue weighted by atomic mass is 35.5. The molecule has 3 heterocycles. The minimum atomic E-state index is 0. The van der Waals surface area contributed by atoms with Crippen LogP contribution in [0.1, 0.15) is 49.8 Å². The highest BCUT2D eigenvalue weighted by molar-refractivity contribution is 5.85. The van der Waals surface area contributed by atoms with Crippen LogP contribution in [0.25, 0.3) is 0 Å². The van der Waals surface area contributed by atoms with Crippen molar-refractivity contribution in [1.29, 1.82) is 0 Å². The first-order valence-corrected chi connectivity index (χ1v) is 10.1. The van der Waals surface area contributed by atoms with Crippen LogP contribution in [0.5, 0.6) is 0 Å². The molecule has 0 saturated carbocycles. The molecule has 2 aliphatic heterocycles. The van der Waals surface area contributed by atoms with Gasteiger partial charge in [-0.05, 0) is 57.1 Å². The third-order valence-corrected chi connectivity index (χ3v) is 5.34. The van der Waals surface area contributed by atoms with Crippen LogP contribution in [0.15, 0.2) is 24.3 Å². The third kappa shape index (κ3) is 7.92. The van der Waals surface area contributed by atoms with Crippen molar-refractivity contribution in [3.8, 4) is 0 Å². The lowest BCUT2D eigenvalue weighted by molar-refractivity contribution is 0.556. The maximum Gasteiger partial charge on any atom is 0.248 e. The van der Waals surface area contributed by atoms with Crippen LogP contribution in [0.3, 0.4) is 0 Å². The fourth-order valence-electron chi connectivity index (χ4n) is 3.72. The molecule has 1 aromatic heterocycles. The van der Waals surface area contributed by atoms with E-state index in [0.717, 1.165) is 43.8 Å².